The van der Waals surface area contributed by atoms with Crippen molar-refractivity contribution in [2.75, 3.05) is 13.7 Å². The van der Waals surface area contributed by atoms with Gasteiger partial charge in [-0.05, 0) is 56.9 Å². The molecule has 0 saturated heterocycles. The van der Waals surface area contributed by atoms with Gasteiger partial charge >= 0.3 is 5.97 Å². The van der Waals surface area contributed by atoms with E-state index < -0.39 is 23.1 Å². The molecule has 0 aliphatic heterocycles. The van der Waals surface area contributed by atoms with Crippen LogP contribution >= 0.6 is 0 Å². The molecule has 9 heteroatoms. The van der Waals surface area contributed by atoms with Crippen LogP contribution in [0.25, 0.3) is 0 Å². The zero-order valence-corrected chi connectivity index (χ0v) is 21.2. The summed E-state index contributed by atoms with van der Waals surface area (Å²) in [5.74, 6) is -2.37. The lowest BCUT2D eigenvalue weighted by atomic mass is 9.75. The normalized spacial score (nSPS) is 26.3. The Balaban J connectivity index is 1.67. The second-order valence-corrected chi connectivity index (χ2v) is 11.2. The van der Waals surface area contributed by atoms with Gasteiger partial charge in [0.2, 0.25) is 5.91 Å². The van der Waals surface area contributed by atoms with E-state index >= 15 is 0 Å². The van der Waals surface area contributed by atoms with Gasteiger partial charge in [0.05, 0.1) is 30.1 Å². The molecule has 0 heterocycles. The summed E-state index contributed by atoms with van der Waals surface area (Å²) in [7, 11) is 1.35. The first-order chi connectivity index (χ1) is 16.3. The smallest absolute Gasteiger partial charge is 0.309 e. The van der Waals surface area contributed by atoms with Crippen LogP contribution in [0, 0.1) is 22.6 Å². The quantitative estimate of drug-likeness (QED) is 0.507. The maximum absolute atomic E-state index is 14.7. The highest BCUT2D eigenvalue weighted by Gasteiger charge is 2.39. The summed E-state index contributed by atoms with van der Waals surface area (Å²) in [6.07, 6.45) is 2.83. The number of hydrogen-bond donors (Lipinski definition) is 3. The van der Waals surface area contributed by atoms with Gasteiger partial charge in [-0.1, -0.05) is 20.8 Å². The van der Waals surface area contributed by atoms with Crippen LogP contribution in [0.4, 0.5) is 4.39 Å². The van der Waals surface area contributed by atoms with Crippen molar-refractivity contribution in [1.29, 1.82) is 0 Å². The summed E-state index contributed by atoms with van der Waals surface area (Å²) in [6.45, 7) is 8.35. The molecule has 0 spiro atoms. The van der Waals surface area contributed by atoms with Crippen molar-refractivity contribution < 1.29 is 33.4 Å². The van der Waals surface area contributed by atoms with Crippen molar-refractivity contribution in [3.8, 4) is 11.5 Å². The maximum Gasteiger partial charge on any atom is 0.309 e. The number of methoxy groups -OCH3 is 1. The molecule has 3 rings (SSSR count). The number of amides is 2. The molecule has 35 heavy (non-hydrogen) atoms. The van der Waals surface area contributed by atoms with Crippen LogP contribution in [0.15, 0.2) is 12.1 Å². The van der Waals surface area contributed by atoms with Crippen LogP contribution in [0.5, 0.6) is 11.5 Å². The molecule has 2 unspecified atom stereocenters. The van der Waals surface area contributed by atoms with Gasteiger partial charge in [0, 0.05) is 18.7 Å². The lowest BCUT2D eigenvalue weighted by molar-refractivity contribution is -0.150. The number of ether oxygens (including phenoxy) is 2. The van der Waals surface area contributed by atoms with E-state index in [1.807, 2.05) is 20.8 Å². The van der Waals surface area contributed by atoms with Gasteiger partial charge in [-0.3, -0.25) is 14.4 Å². The third-order valence-electron chi connectivity index (χ3n) is 7.07. The zero-order chi connectivity index (χ0) is 26.0. The molecule has 0 radical (unpaired) electrons. The molecular formula is C26H37FN2O6. The second kappa shape index (κ2) is 10.4. The minimum Gasteiger partial charge on any atom is -0.496 e. The molecule has 2 amide bonds. The predicted octanol–water partition coefficient (Wildman–Crippen LogP) is 3.92. The van der Waals surface area contributed by atoms with Crippen molar-refractivity contribution in [3.05, 3.63) is 23.5 Å². The molecule has 2 aliphatic rings. The van der Waals surface area contributed by atoms with Crippen LogP contribution < -0.4 is 20.1 Å². The van der Waals surface area contributed by atoms with Crippen LogP contribution in [0.1, 0.15) is 76.6 Å². The van der Waals surface area contributed by atoms with E-state index in [2.05, 4.69) is 10.6 Å². The number of carbonyl (C=O) groups is 3. The fourth-order valence-electron chi connectivity index (χ4n) is 4.43. The predicted molar refractivity (Wildman–Crippen MR) is 128 cm³/mol. The van der Waals surface area contributed by atoms with Crippen molar-refractivity contribution in [1.82, 2.24) is 10.6 Å². The Morgan fingerprint density at radius 2 is 1.77 bits per heavy atom. The molecule has 194 valence electrons. The Bertz CT molecular complexity index is 965. The van der Waals surface area contributed by atoms with Gasteiger partial charge in [0.15, 0.2) is 11.6 Å². The molecule has 8 nitrogen and oxygen atoms in total. The van der Waals surface area contributed by atoms with Crippen molar-refractivity contribution in [2.24, 2.45) is 16.7 Å². The zero-order valence-electron chi connectivity index (χ0n) is 21.2. The van der Waals surface area contributed by atoms with E-state index in [0.29, 0.717) is 45.1 Å². The minimum absolute atomic E-state index is 0.0411. The molecule has 0 bridgehead atoms. The second-order valence-electron chi connectivity index (χ2n) is 11.2. The largest absolute Gasteiger partial charge is 0.496 e. The summed E-state index contributed by atoms with van der Waals surface area (Å²) in [4.78, 5) is 37.1. The number of benzene rings is 1. The van der Waals surface area contributed by atoms with Crippen molar-refractivity contribution >= 4 is 17.8 Å². The molecular weight excluding hydrogens is 455 g/mol. The average molecular weight is 493 g/mol. The van der Waals surface area contributed by atoms with Gasteiger partial charge in [0.1, 0.15) is 5.75 Å². The molecule has 1 aromatic carbocycles. The average Bonchev–Trinajstić information content (AvgIpc) is 2.77. The SMILES string of the molecule is COc1cc(F)c(OC2CCC(C)(C(=O)O)CC2)cc1C(=O)NC1CCC1C(=O)NCC(C)(C)C. The van der Waals surface area contributed by atoms with Crippen molar-refractivity contribution in [2.45, 2.75) is 78.4 Å². The van der Waals surface area contributed by atoms with Gasteiger partial charge in [-0.15, -0.1) is 0 Å². The number of nitrogens with one attached hydrogen (secondary N) is 2. The number of carbonyl (C=O) groups excluding carboxylic acids is 2. The summed E-state index contributed by atoms with van der Waals surface area (Å²) < 4.78 is 25.8. The number of carboxylic acids is 1. The molecule has 2 aliphatic carbocycles. The Kier molecular flexibility index (Phi) is 7.97. The van der Waals surface area contributed by atoms with Gasteiger partial charge in [-0.25, -0.2) is 4.39 Å². The Labute approximate surface area is 205 Å². The molecule has 2 fully saturated rings. The van der Waals surface area contributed by atoms with E-state index in [9.17, 15) is 23.9 Å². The third kappa shape index (κ3) is 6.44. The van der Waals surface area contributed by atoms with Gasteiger partial charge < -0.3 is 25.2 Å². The summed E-state index contributed by atoms with van der Waals surface area (Å²) in [6, 6.07) is 2.12. The van der Waals surface area contributed by atoms with Crippen molar-refractivity contribution in [3.63, 3.8) is 0 Å². The fourth-order valence-corrected chi connectivity index (χ4v) is 4.43. The van der Waals surface area contributed by atoms with Crippen LogP contribution in [0.3, 0.4) is 0 Å². The molecule has 2 saturated carbocycles. The molecule has 0 aromatic heterocycles. The maximum atomic E-state index is 14.7. The highest BCUT2D eigenvalue weighted by Crippen LogP contribution is 2.39. The van der Waals surface area contributed by atoms with Crippen LogP contribution in [0.2, 0.25) is 0 Å². The number of hydrogen-bond acceptors (Lipinski definition) is 5. The minimum atomic E-state index is -0.841. The highest BCUT2D eigenvalue weighted by molar-refractivity contribution is 5.98. The molecule has 2 atom stereocenters. The number of rotatable bonds is 8. The summed E-state index contributed by atoms with van der Waals surface area (Å²) in [5, 5.41) is 15.2. The van der Waals surface area contributed by atoms with Gasteiger partial charge in [0.25, 0.3) is 5.91 Å². The number of carboxylic acid groups (broad SMARTS) is 1. The molecule has 3 N–H and O–H groups in total. The summed E-state index contributed by atoms with van der Waals surface area (Å²) in [5.41, 5.74) is -0.724. The first-order valence-corrected chi connectivity index (χ1v) is 12.2. The Morgan fingerprint density at radius 3 is 2.29 bits per heavy atom. The first kappa shape index (κ1) is 26.8. The number of halogens is 1. The topological polar surface area (TPSA) is 114 Å². The van der Waals surface area contributed by atoms with E-state index in [-0.39, 0.29) is 46.4 Å². The van der Waals surface area contributed by atoms with Crippen LogP contribution in [-0.4, -0.2) is 48.7 Å². The standard InChI is InChI=1S/C26H37FN2O6/c1-25(2,3)14-28-22(30)16-6-7-19(16)29-23(31)17-12-21(18(27)13-20(17)34-5)35-15-8-10-26(4,11-9-15)24(32)33/h12-13,15-16,19H,6-11,14H2,1-5H3,(H,28,30)(H,29,31)(H,32,33). The van der Waals surface area contributed by atoms with E-state index in [4.69, 9.17) is 9.47 Å². The fraction of sp³-hybridized carbons (Fsp3) is 0.654. The third-order valence-corrected chi connectivity index (χ3v) is 7.07. The highest BCUT2D eigenvalue weighted by atomic mass is 19.1. The Hall–Kier alpha value is -2.84. The lowest BCUT2D eigenvalue weighted by Gasteiger charge is -2.36. The Morgan fingerprint density at radius 1 is 1.11 bits per heavy atom. The first-order valence-electron chi connectivity index (χ1n) is 12.2. The number of aliphatic carboxylic acids is 1. The lowest BCUT2D eigenvalue weighted by Crippen LogP contribution is -2.53. The molecule has 1 aromatic rings. The summed E-state index contributed by atoms with van der Waals surface area (Å²) >= 11 is 0. The van der Waals surface area contributed by atoms with E-state index in [0.717, 1.165) is 6.07 Å². The van der Waals surface area contributed by atoms with Gasteiger partial charge in [-0.2, -0.15) is 0 Å². The van der Waals surface area contributed by atoms with E-state index in [1.165, 1.54) is 13.2 Å². The monoisotopic (exact) mass is 492 g/mol. The van der Waals surface area contributed by atoms with E-state index in [1.54, 1.807) is 6.92 Å². The van der Waals surface area contributed by atoms with Crippen LogP contribution in [-0.2, 0) is 9.59 Å².